The zero-order chi connectivity index (χ0) is 19.2. The third-order valence-electron chi connectivity index (χ3n) is 4.61. The van der Waals surface area contributed by atoms with Crippen LogP contribution in [0.15, 0.2) is 42.6 Å². The summed E-state index contributed by atoms with van der Waals surface area (Å²) in [5.74, 6) is 0.909. The molecule has 6 heteroatoms. The maximum absolute atomic E-state index is 12.7. The first-order valence-electron chi connectivity index (χ1n) is 9.49. The molecule has 3 rings (SSSR count). The Morgan fingerprint density at radius 1 is 1.04 bits per heavy atom. The molecule has 1 aromatic carbocycles. The molecule has 2 aromatic rings. The first kappa shape index (κ1) is 19.0. The molecule has 0 aliphatic carbocycles. The van der Waals surface area contributed by atoms with E-state index in [1.165, 1.54) is 0 Å². The zero-order valence-corrected chi connectivity index (χ0v) is 16.0. The number of carbonyl (C=O) groups excluding carboxylic acids is 2. The second-order valence-corrected chi connectivity index (χ2v) is 7.10. The molecule has 2 heterocycles. The summed E-state index contributed by atoms with van der Waals surface area (Å²) in [7, 11) is 0. The maximum Gasteiger partial charge on any atom is 0.270 e. The average molecular weight is 369 g/mol. The summed E-state index contributed by atoms with van der Waals surface area (Å²) in [6, 6.07) is 11.3. The number of hydrogen-bond acceptors (Lipinski definition) is 3. The van der Waals surface area contributed by atoms with Crippen LogP contribution >= 0.6 is 0 Å². The quantitative estimate of drug-likeness (QED) is 0.881. The van der Waals surface area contributed by atoms with Gasteiger partial charge in [0, 0.05) is 32.4 Å². The Morgan fingerprint density at radius 3 is 2.41 bits per heavy atom. The number of aromatic amines is 1. The van der Waals surface area contributed by atoms with Gasteiger partial charge in [-0.3, -0.25) is 9.59 Å². The fourth-order valence-electron chi connectivity index (χ4n) is 3.25. The van der Waals surface area contributed by atoms with Gasteiger partial charge in [0.25, 0.3) is 5.91 Å². The highest BCUT2D eigenvalue weighted by Crippen LogP contribution is 2.15. The van der Waals surface area contributed by atoms with Gasteiger partial charge < -0.3 is 19.5 Å². The van der Waals surface area contributed by atoms with Gasteiger partial charge in [-0.05, 0) is 50.1 Å². The van der Waals surface area contributed by atoms with E-state index < -0.39 is 0 Å². The lowest BCUT2D eigenvalue weighted by molar-refractivity contribution is -0.130. The molecular weight excluding hydrogens is 342 g/mol. The van der Waals surface area contributed by atoms with Crippen LogP contribution in [0.5, 0.6) is 5.75 Å². The van der Waals surface area contributed by atoms with E-state index in [0.29, 0.717) is 38.3 Å². The lowest BCUT2D eigenvalue weighted by atomic mass is 10.1. The lowest BCUT2D eigenvalue weighted by Crippen LogP contribution is -2.38. The van der Waals surface area contributed by atoms with Crippen molar-refractivity contribution in [3.8, 4) is 5.75 Å². The van der Waals surface area contributed by atoms with Crippen LogP contribution < -0.4 is 4.74 Å². The van der Waals surface area contributed by atoms with Crippen LogP contribution in [0.25, 0.3) is 0 Å². The molecule has 0 atom stereocenters. The molecule has 144 valence electrons. The minimum atomic E-state index is -0.00459. The molecule has 0 unspecified atom stereocenters. The number of hydrogen-bond donors (Lipinski definition) is 1. The zero-order valence-electron chi connectivity index (χ0n) is 16.0. The molecule has 27 heavy (non-hydrogen) atoms. The van der Waals surface area contributed by atoms with Crippen LogP contribution in [0.2, 0.25) is 0 Å². The maximum atomic E-state index is 12.7. The third kappa shape index (κ3) is 5.12. The number of nitrogens with one attached hydrogen (secondary N) is 1. The van der Waals surface area contributed by atoms with E-state index in [-0.39, 0.29) is 17.9 Å². The van der Waals surface area contributed by atoms with Crippen LogP contribution in [0.4, 0.5) is 0 Å². The number of ether oxygens (including phenoxy) is 1. The summed E-state index contributed by atoms with van der Waals surface area (Å²) in [4.78, 5) is 31.8. The first-order valence-corrected chi connectivity index (χ1v) is 9.49. The summed E-state index contributed by atoms with van der Waals surface area (Å²) in [5.41, 5.74) is 1.57. The van der Waals surface area contributed by atoms with Crippen molar-refractivity contribution in [3.63, 3.8) is 0 Å². The molecule has 1 aliphatic heterocycles. The number of rotatable bonds is 5. The Kier molecular flexibility index (Phi) is 6.16. The highest BCUT2D eigenvalue weighted by Gasteiger charge is 2.23. The van der Waals surface area contributed by atoms with Gasteiger partial charge in [0.05, 0.1) is 12.5 Å². The van der Waals surface area contributed by atoms with Gasteiger partial charge in [-0.2, -0.15) is 0 Å². The first-order chi connectivity index (χ1) is 13.0. The third-order valence-corrected chi connectivity index (χ3v) is 4.61. The van der Waals surface area contributed by atoms with Gasteiger partial charge in [-0.25, -0.2) is 0 Å². The molecule has 0 bridgehead atoms. The number of nitrogens with zero attached hydrogens (tertiary/aromatic N) is 2. The fourth-order valence-corrected chi connectivity index (χ4v) is 3.25. The van der Waals surface area contributed by atoms with Crippen LogP contribution in [0.3, 0.4) is 0 Å². The highest BCUT2D eigenvalue weighted by atomic mass is 16.5. The van der Waals surface area contributed by atoms with Crippen molar-refractivity contribution in [1.29, 1.82) is 0 Å². The van der Waals surface area contributed by atoms with Crippen LogP contribution in [0.1, 0.15) is 36.3 Å². The molecule has 1 fully saturated rings. The van der Waals surface area contributed by atoms with Gasteiger partial charge in [0.1, 0.15) is 11.4 Å². The molecule has 0 radical (unpaired) electrons. The summed E-state index contributed by atoms with van der Waals surface area (Å²) in [6.45, 7) is 6.45. The number of H-pyrrole nitrogens is 1. The van der Waals surface area contributed by atoms with E-state index >= 15 is 0 Å². The summed E-state index contributed by atoms with van der Waals surface area (Å²) in [5, 5.41) is 0. The van der Waals surface area contributed by atoms with E-state index in [1.807, 2.05) is 54.0 Å². The molecule has 0 saturated carbocycles. The predicted molar refractivity (Wildman–Crippen MR) is 104 cm³/mol. The molecule has 1 aliphatic rings. The second-order valence-electron chi connectivity index (χ2n) is 7.10. The van der Waals surface area contributed by atoms with Gasteiger partial charge in [0.2, 0.25) is 5.91 Å². The summed E-state index contributed by atoms with van der Waals surface area (Å²) >= 11 is 0. The Hall–Kier alpha value is -2.76. The van der Waals surface area contributed by atoms with Gasteiger partial charge in [0.15, 0.2) is 0 Å². The lowest BCUT2D eigenvalue weighted by Gasteiger charge is -2.22. The van der Waals surface area contributed by atoms with Gasteiger partial charge >= 0.3 is 0 Å². The molecular formula is C21H27N3O3. The van der Waals surface area contributed by atoms with Crippen molar-refractivity contribution >= 4 is 11.8 Å². The van der Waals surface area contributed by atoms with Gasteiger partial charge in [-0.1, -0.05) is 12.1 Å². The highest BCUT2D eigenvalue weighted by molar-refractivity contribution is 5.92. The number of aromatic nitrogens is 1. The molecule has 2 amide bonds. The molecule has 1 aromatic heterocycles. The van der Waals surface area contributed by atoms with E-state index in [4.69, 9.17) is 4.74 Å². The number of benzene rings is 1. The molecule has 1 N–H and O–H groups in total. The standard InChI is InChI=1S/C21H27N3O3/c1-16(2)27-18-8-6-17(7-9-18)15-20(25)23-11-4-12-24(14-13-23)21(26)19-5-3-10-22-19/h3,5-10,16,22H,4,11-15H2,1-2H3. The van der Waals surface area contributed by atoms with Crippen molar-refractivity contribution < 1.29 is 14.3 Å². The molecule has 6 nitrogen and oxygen atoms in total. The van der Waals surface area contributed by atoms with Crippen molar-refractivity contribution in [1.82, 2.24) is 14.8 Å². The normalized spacial score (nSPS) is 14.9. The molecule has 1 saturated heterocycles. The van der Waals surface area contributed by atoms with E-state index in [2.05, 4.69) is 4.98 Å². The van der Waals surface area contributed by atoms with E-state index in [1.54, 1.807) is 12.3 Å². The van der Waals surface area contributed by atoms with Crippen LogP contribution in [-0.2, 0) is 11.2 Å². The average Bonchev–Trinajstić information content (AvgIpc) is 3.06. The topological polar surface area (TPSA) is 65.6 Å². The minimum absolute atomic E-state index is 0.00459. The van der Waals surface area contributed by atoms with Crippen molar-refractivity contribution in [3.05, 3.63) is 53.9 Å². The Morgan fingerprint density at radius 2 is 1.74 bits per heavy atom. The SMILES string of the molecule is CC(C)Oc1ccc(CC(=O)N2CCCN(C(=O)c3ccc[nH]3)CC2)cc1. The van der Waals surface area contributed by atoms with Crippen molar-refractivity contribution in [2.75, 3.05) is 26.2 Å². The smallest absolute Gasteiger partial charge is 0.270 e. The Balaban J connectivity index is 1.54. The summed E-state index contributed by atoms with van der Waals surface area (Å²) in [6.07, 6.45) is 3.04. The van der Waals surface area contributed by atoms with E-state index in [0.717, 1.165) is 17.7 Å². The predicted octanol–water partition coefficient (Wildman–Crippen LogP) is 2.72. The number of amides is 2. The Labute approximate surface area is 160 Å². The van der Waals surface area contributed by atoms with Gasteiger partial charge in [-0.15, -0.1) is 0 Å². The number of carbonyl (C=O) groups is 2. The van der Waals surface area contributed by atoms with Crippen molar-refractivity contribution in [2.45, 2.75) is 32.8 Å². The minimum Gasteiger partial charge on any atom is -0.491 e. The van der Waals surface area contributed by atoms with E-state index in [9.17, 15) is 9.59 Å². The van der Waals surface area contributed by atoms with Crippen LogP contribution in [-0.4, -0.2) is 58.9 Å². The monoisotopic (exact) mass is 369 g/mol. The van der Waals surface area contributed by atoms with Crippen LogP contribution in [0, 0.1) is 0 Å². The van der Waals surface area contributed by atoms with Crippen molar-refractivity contribution in [2.24, 2.45) is 0 Å². The second kappa shape index (κ2) is 8.75. The summed E-state index contributed by atoms with van der Waals surface area (Å²) < 4.78 is 5.64. The Bertz CT molecular complexity index is 753. The fraction of sp³-hybridized carbons (Fsp3) is 0.429. The molecule has 0 spiro atoms. The largest absolute Gasteiger partial charge is 0.491 e.